The van der Waals surface area contributed by atoms with Crippen molar-refractivity contribution in [1.82, 2.24) is 14.1 Å². The van der Waals surface area contributed by atoms with Crippen LogP contribution < -0.4 is 16.6 Å². The third-order valence-electron chi connectivity index (χ3n) is 3.00. The van der Waals surface area contributed by atoms with Crippen LogP contribution in [0.15, 0.2) is 40.2 Å². The van der Waals surface area contributed by atoms with E-state index in [0.717, 1.165) is 17.9 Å². The summed E-state index contributed by atoms with van der Waals surface area (Å²) in [4.78, 5) is 28.1. The first-order chi connectivity index (χ1) is 9.65. The van der Waals surface area contributed by atoms with Gasteiger partial charge in [-0.05, 0) is 25.5 Å². The van der Waals surface area contributed by atoms with Gasteiger partial charge in [-0.25, -0.2) is 9.78 Å². The average Bonchev–Trinajstić information content (AvgIpc) is 2.46. The molecule has 0 spiro atoms. The predicted octanol–water partition coefficient (Wildman–Crippen LogP) is 0.905. The number of aryl methyl sites for hydroxylation is 1. The molecule has 0 bridgehead atoms. The number of nitrogens with zero attached hydrogens (tertiary/aromatic N) is 3. The minimum absolute atomic E-state index is 0.234. The zero-order valence-corrected chi connectivity index (χ0v) is 11.7. The Hall–Kier alpha value is -2.37. The number of aromatic nitrogens is 3. The Morgan fingerprint density at radius 1 is 1.20 bits per heavy atom. The molecule has 2 rings (SSSR count). The fourth-order valence-electron chi connectivity index (χ4n) is 1.93. The highest BCUT2D eigenvalue weighted by atomic mass is 16.2. The predicted molar refractivity (Wildman–Crippen MR) is 78.1 cm³/mol. The summed E-state index contributed by atoms with van der Waals surface area (Å²) >= 11 is 0. The maximum atomic E-state index is 12.1. The van der Waals surface area contributed by atoms with Crippen LogP contribution in [0.1, 0.15) is 19.4 Å². The van der Waals surface area contributed by atoms with Gasteiger partial charge in [0, 0.05) is 31.5 Å². The van der Waals surface area contributed by atoms with Gasteiger partial charge >= 0.3 is 5.69 Å². The number of anilines is 1. The number of nitrogens with one attached hydrogen (secondary N) is 1. The summed E-state index contributed by atoms with van der Waals surface area (Å²) in [5.41, 5.74) is 0.228. The summed E-state index contributed by atoms with van der Waals surface area (Å²) in [5, 5.41) is 3.09. The number of hydrogen-bond donors (Lipinski definition) is 1. The quantitative estimate of drug-likeness (QED) is 0.879. The lowest BCUT2D eigenvalue weighted by Gasteiger charge is -2.08. The molecule has 1 N–H and O–H groups in total. The molecule has 0 aromatic carbocycles. The molecule has 0 atom stereocenters. The van der Waals surface area contributed by atoms with E-state index in [9.17, 15) is 9.59 Å². The van der Waals surface area contributed by atoms with Gasteiger partial charge in [-0.1, -0.05) is 6.07 Å². The van der Waals surface area contributed by atoms with Crippen molar-refractivity contribution in [3.8, 4) is 0 Å². The molecule has 0 aliphatic rings. The molecule has 20 heavy (non-hydrogen) atoms. The van der Waals surface area contributed by atoms with Crippen LogP contribution in [0.3, 0.4) is 0 Å². The van der Waals surface area contributed by atoms with Crippen molar-refractivity contribution in [2.24, 2.45) is 0 Å². The van der Waals surface area contributed by atoms with Gasteiger partial charge in [0.05, 0.1) is 6.54 Å². The van der Waals surface area contributed by atoms with E-state index in [-0.39, 0.29) is 17.8 Å². The van der Waals surface area contributed by atoms with Crippen molar-refractivity contribution < 1.29 is 0 Å². The van der Waals surface area contributed by atoms with Crippen molar-refractivity contribution in [3.05, 3.63) is 57.0 Å². The lowest BCUT2D eigenvalue weighted by molar-refractivity contribution is 0.599. The van der Waals surface area contributed by atoms with Crippen LogP contribution in [0, 0.1) is 0 Å². The molecule has 2 aromatic heterocycles. The van der Waals surface area contributed by atoms with Gasteiger partial charge in [0.25, 0.3) is 5.56 Å². The molecule has 6 heteroatoms. The van der Waals surface area contributed by atoms with E-state index in [1.807, 2.05) is 26.0 Å². The molecular formula is C14H18N4O2. The van der Waals surface area contributed by atoms with E-state index >= 15 is 0 Å². The van der Waals surface area contributed by atoms with E-state index < -0.39 is 0 Å². The first-order valence-electron chi connectivity index (χ1n) is 6.64. The Bertz CT molecular complexity index is 686. The molecule has 0 radical (unpaired) electrons. The standard InChI is InChI=1S/C14H18N4O2/c1-3-15-12-6-5-11(9-16-12)10-18-13(19)7-8-17(4-2)14(18)20/h5-9H,3-4,10H2,1-2H3,(H,15,16). The van der Waals surface area contributed by atoms with Gasteiger partial charge in [-0.15, -0.1) is 0 Å². The normalized spacial score (nSPS) is 10.5. The SMILES string of the molecule is CCNc1ccc(Cn2c(=O)ccn(CC)c2=O)cn1. The smallest absolute Gasteiger partial charge is 0.331 e. The number of rotatable bonds is 5. The van der Waals surface area contributed by atoms with Crippen LogP contribution in [-0.4, -0.2) is 20.7 Å². The Balaban J connectivity index is 2.30. The van der Waals surface area contributed by atoms with E-state index in [1.165, 1.54) is 21.4 Å². The maximum Gasteiger partial charge on any atom is 0.331 e. The van der Waals surface area contributed by atoms with Gasteiger partial charge in [0.1, 0.15) is 5.82 Å². The van der Waals surface area contributed by atoms with E-state index in [4.69, 9.17) is 0 Å². The van der Waals surface area contributed by atoms with Crippen molar-refractivity contribution in [3.63, 3.8) is 0 Å². The van der Waals surface area contributed by atoms with E-state index in [0.29, 0.717) is 6.54 Å². The third-order valence-corrected chi connectivity index (χ3v) is 3.00. The molecule has 0 unspecified atom stereocenters. The first kappa shape index (κ1) is 14.0. The van der Waals surface area contributed by atoms with Crippen LogP contribution >= 0.6 is 0 Å². The summed E-state index contributed by atoms with van der Waals surface area (Å²) in [7, 11) is 0. The van der Waals surface area contributed by atoms with Crippen molar-refractivity contribution in [2.45, 2.75) is 26.9 Å². The Labute approximate surface area is 116 Å². The second-order valence-corrected chi connectivity index (χ2v) is 4.39. The molecule has 6 nitrogen and oxygen atoms in total. The molecule has 0 aliphatic carbocycles. The van der Waals surface area contributed by atoms with Crippen molar-refractivity contribution >= 4 is 5.82 Å². The largest absolute Gasteiger partial charge is 0.370 e. The monoisotopic (exact) mass is 274 g/mol. The van der Waals surface area contributed by atoms with E-state index in [2.05, 4.69) is 10.3 Å². The van der Waals surface area contributed by atoms with Gasteiger partial charge in [-0.2, -0.15) is 0 Å². The Morgan fingerprint density at radius 3 is 2.60 bits per heavy atom. The Kier molecular flexibility index (Phi) is 4.34. The minimum atomic E-state index is -0.296. The lowest BCUT2D eigenvalue weighted by atomic mass is 10.3. The van der Waals surface area contributed by atoms with Crippen molar-refractivity contribution in [1.29, 1.82) is 0 Å². The Morgan fingerprint density at radius 2 is 2.00 bits per heavy atom. The summed E-state index contributed by atoms with van der Waals surface area (Å²) in [6.45, 7) is 5.43. The second kappa shape index (κ2) is 6.18. The fraction of sp³-hybridized carbons (Fsp3) is 0.357. The molecule has 2 heterocycles. The van der Waals surface area contributed by atoms with Crippen LogP contribution in [0.5, 0.6) is 0 Å². The fourth-order valence-corrected chi connectivity index (χ4v) is 1.93. The minimum Gasteiger partial charge on any atom is -0.370 e. The molecule has 106 valence electrons. The summed E-state index contributed by atoms with van der Waals surface area (Å²) in [5.74, 6) is 0.780. The average molecular weight is 274 g/mol. The van der Waals surface area contributed by atoms with Gasteiger partial charge in [-0.3, -0.25) is 9.36 Å². The van der Waals surface area contributed by atoms with Crippen molar-refractivity contribution in [2.75, 3.05) is 11.9 Å². The van der Waals surface area contributed by atoms with Crippen LogP contribution in [0.2, 0.25) is 0 Å². The molecule has 0 fully saturated rings. The van der Waals surface area contributed by atoms with Crippen LogP contribution in [0.4, 0.5) is 5.82 Å². The van der Waals surface area contributed by atoms with E-state index in [1.54, 1.807) is 6.20 Å². The number of pyridine rings is 1. The molecule has 0 saturated carbocycles. The summed E-state index contributed by atoms with van der Waals surface area (Å²) < 4.78 is 2.72. The highest BCUT2D eigenvalue weighted by molar-refractivity contribution is 5.35. The lowest BCUT2D eigenvalue weighted by Crippen LogP contribution is -2.39. The molecular weight excluding hydrogens is 256 g/mol. The first-order valence-corrected chi connectivity index (χ1v) is 6.64. The topological polar surface area (TPSA) is 68.9 Å². The van der Waals surface area contributed by atoms with Crippen LogP contribution in [-0.2, 0) is 13.1 Å². The zero-order chi connectivity index (χ0) is 14.5. The van der Waals surface area contributed by atoms with Gasteiger partial charge in [0.15, 0.2) is 0 Å². The zero-order valence-electron chi connectivity index (χ0n) is 11.7. The maximum absolute atomic E-state index is 12.1. The molecule has 0 amide bonds. The molecule has 0 aliphatic heterocycles. The van der Waals surface area contributed by atoms with Crippen LogP contribution in [0.25, 0.3) is 0 Å². The highest BCUT2D eigenvalue weighted by Crippen LogP contribution is 2.05. The van der Waals surface area contributed by atoms with Gasteiger partial charge < -0.3 is 9.88 Å². The third kappa shape index (κ3) is 2.96. The second-order valence-electron chi connectivity index (χ2n) is 4.39. The molecule has 2 aromatic rings. The summed E-state index contributed by atoms with van der Waals surface area (Å²) in [6.07, 6.45) is 3.20. The number of hydrogen-bond acceptors (Lipinski definition) is 4. The summed E-state index contributed by atoms with van der Waals surface area (Å²) in [6, 6.07) is 5.11. The molecule has 0 saturated heterocycles. The van der Waals surface area contributed by atoms with Gasteiger partial charge in [0.2, 0.25) is 0 Å². The highest BCUT2D eigenvalue weighted by Gasteiger charge is 2.05.